The Morgan fingerprint density at radius 2 is 1.67 bits per heavy atom. The Morgan fingerprint density at radius 3 is 2.42 bits per heavy atom. The molecule has 1 aliphatic carbocycles. The fourth-order valence-corrected chi connectivity index (χ4v) is 5.71. The van der Waals surface area contributed by atoms with Crippen molar-refractivity contribution in [1.29, 1.82) is 0 Å². The first-order chi connectivity index (χ1) is 11.5. The summed E-state index contributed by atoms with van der Waals surface area (Å²) in [7, 11) is -3.62. The number of ketones is 1. The van der Waals surface area contributed by atoms with Gasteiger partial charge >= 0.3 is 0 Å². The van der Waals surface area contributed by atoms with Crippen molar-refractivity contribution in [3.8, 4) is 0 Å². The highest BCUT2D eigenvalue weighted by Gasteiger charge is 2.51. The molecule has 3 atom stereocenters. The molecule has 0 unspecified atom stereocenters. The molecule has 1 heterocycles. The van der Waals surface area contributed by atoms with Crippen molar-refractivity contribution in [1.82, 2.24) is 4.31 Å². The number of Topliss-reactive ketones (excluding diaryl/α,β-unsaturated/α-hetero) is 1. The lowest BCUT2D eigenvalue weighted by Gasteiger charge is -2.39. The Kier molecular flexibility index (Phi) is 3.58. The Morgan fingerprint density at radius 1 is 1.00 bits per heavy atom. The monoisotopic (exact) mass is 341 g/mol. The van der Waals surface area contributed by atoms with Gasteiger partial charge in [-0.05, 0) is 30.0 Å². The van der Waals surface area contributed by atoms with Crippen molar-refractivity contribution >= 4 is 15.8 Å². The van der Waals surface area contributed by atoms with Crippen LogP contribution in [0.15, 0.2) is 59.5 Å². The van der Waals surface area contributed by atoms with Crippen LogP contribution in [0, 0.1) is 11.8 Å². The van der Waals surface area contributed by atoms with E-state index in [4.69, 9.17) is 0 Å². The average molecular weight is 341 g/mol. The number of rotatable bonds is 2. The summed E-state index contributed by atoms with van der Waals surface area (Å²) in [5, 5.41) is 0. The van der Waals surface area contributed by atoms with Crippen molar-refractivity contribution in [3.05, 3.63) is 65.7 Å². The van der Waals surface area contributed by atoms with Crippen LogP contribution in [0.3, 0.4) is 0 Å². The molecule has 124 valence electrons. The maximum absolute atomic E-state index is 13.2. The van der Waals surface area contributed by atoms with Gasteiger partial charge < -0.3 is 0 Å². The minimum atomic E-state index is -3.62. The number of sulfonamides is 1. The first-order valence-corrected chi connectivity index (χ1v) is 9.66. The lowest BCUT2D eigenvalue weighted by Crippen LogP contribution is -2.45. The number of nitrogens with zero attached hydrogens (tertiary/aromatic N) is 1. The van der Waals surface area contributed by atoms with Crippen molar-refractivity contribution in [2.24, 2.45) is 11.8 Å². The van der Waals surface area contributed by atoms with Gasteiger partial charge in [0, 0.05) is 18.0 Å². The van der Waals surface area contributed by atoms with Gasteiger partial charge in [0.2, 0.25) is 10.0 Å². The highest BCUT2D eigenvalue weighted by molar-refractivity contribution is 7.89. The largest absolute Gasteiger partial charge is 0.294 e. The summed E-state index contributed by atoms with van der Waals surface area (Å²) in [4.78, 5) is 13.1. The molecule has 2 aromatic rings. The molecule has 4 nitrogen and oxygen atoms in total. The fraction of sp³-hybridized carbons (Fsp3) is 0.316. The van der Waals surface area contributed by atoms with Crippen LogP contribution in [0.1, 0.15) is 35.3 Å². The summed E-state index contributed by atoms with van der Waals surface area (Å²) in [5.74, 6) is -0.0252. The lowest BCUT2D eigenvalue weighted by molar-refractivity contribution is 0.0738. The van der Waals surface area contributed by atoms with Crippen LogP contribution in [0.2, 0.25) is 0 Å². The number of hydrogen-bond acceptors (Lipinski definition) is 3. The molecule has 1 fully saturated rings. The van der Waals surface area contributed by atoms with Crippen LogP contribution in [0.4, 0.5) is 0 Å². The zero-order valence-corrected chi connectivity index (χ0v) is 14.2. The molecule has 24 heavy (non-hydrogen) atoms. The molecule has 1 aliphatic heterocycles. The first-order valence-electron chi connectivity index (χ1n) is 8.22. The van der Waals surface area contributed by atoms with Crippen molar-refractivity contribution in [3.63, 3.8) is 0 Å². The molecule has 0 amide bonds. The molecule has 0 spiro atoms. The lowest BCUT2D eigenvalue weighted by atomic mass is 9.82. The van der Waals surface area contributed by atoms with E-state index in [2.05, 4.69) is 0 Å². The fourth-order valence-electron chi connectivity index (χ4n) is 4.05. The van der Waals surface area contributed by atoms with Gasteiger partial charge in [-0.15, -0.1) is 0 Å². The third-order valence-electron chi connectivity index (χ3n) is 5.27. The summed E-state index contributed by atoms with van der Waals surface area (Å²) in [6.07, 6.45) is 0.701. The predicted octanol–water partition coefficient (Wildman–Crippen LogP) is 3.27. The molecule has 5 heteroatoms. The molecule has 0 bridgehead atoms. The van der Waals surface area contributed by atoms with E-state index in [0.29, 0.717) is 18.5 Å². The van der Waals surface area contributed by atoms with E-state index in [-0.39, 0.29) is 28.6 Å². The maximum atomic E-state index is 13.2. The summed E-state index contributed by atoms with van der Waals surface area (Å²) in [6.45, 7) is 2.50. The SMILES string of the molecule is C[C@@H]1CCN(S(=O)(=O)c2ccccc2)[C@H]2c3ccccc3C(=O)[C@@H]12. The van der Waals surface area contributed by atoms with Crippen molar-refractivity contribution in [2.45, 2.75) is 24.3 Å². The molecule has 2 aliphatic rings. The van der Waals surface area contributed by atoms with Crippen LogP contribution in [-0.4, -0.2) is 25.1 Å². The van der Waals surface area contributed by atoms with Gasteiger partial charge in [-0.2, -0.15) is 4.31 Å². The number of fused-ring (bicyclic) bond motifs is 3. The van der Waals surface area contributed by atoms with E-state index in [9.17, 15) is 13.2 Å². The second-order valence-corrected chi connectivity index (χ2v) is 8.51. The van der Waals surface area contributed by atoms with E-state index < -0.39 is 10.0 Å². The standard InChI is InChI=1S/C19H19NO3S/c1-13-11-12-20(24(22,23)14-7-3-2-4-8-14)18-15-9-5-6-10-16(15)19(21)17(13)18/h2-10,13,17-18H,11-12H2,1H3/t13-,17+,18+/m1/s1. The van der Waals surface area contributed by atoms with Crippen LogP contribution in [-0.2, 0) is 10.0 Å². The zero-order chi connectivity index (χ0) is 16.9. The molecule has 0 aromatic heterocycles. The van der Waals surface area contributed by atoms with Crippen molar-refractivity contribution in [2.75, 3.05) is 6.54 Å². The normalized spacial score (nSPS) is 26.9. The number of carbonyl (C=O) groups excluding carboxylic acids is 1. The van der Waals surface area contributed by atoms with E-state index in [1.54, 1.807) is 30.3 Å². The summed E-state index contributed by atoms with van der Waals surface area (Å²) in [5.41, 5.74) is 1.52. The quantitative estimate of drug-likeness (QED) is 0.842. The Labute approximate surface area is 142 Å². The third-order valence-corrected chi connectivity index (χ3v) is 7.16. The second-order valence-electron chi connectivity index (χ2n) is 6.62. The van der Waals surface area contributed by atoms with Crippen molar-refractivity contribution < 1.29 is 13.2 Å². The topological polar surface area (TPSA) is 54.5 Å². The predicted molar refractivity (Wildman–Crippen MR) is 91.1 cm³/mol. The van der Waals surface area contributed by atoms with Gasteiger partial charge in [0.05, 0.1) is 10.9 Å². The van der Waals surface area contributed by atoms with Gasteiger partial charge in [0.15, 0.2) is 5.78 Å². The van der Waals surface area contributed by atoms with Crippen LogP contribution >= 0.6 is 0 Å². The molecule has 1 saturated heterocycles. The highest BCUT2D eigenvalue weighted by atomic mass is 32.2. The maximum Gasteiger partial charge on any atom is 0.243 e. The molecule has 2 aromatic carbocycles. The van der Waals surface area contributed by atoms with E-state index in [1.165, 1.54) is 4.31 Å². The van der Waals surface area contributed by atoms with E-state index >= 15 is 0 Å². The number of piperidine rings is 1. The summed E-state index contributed by atoms with van der Waals surface area (Å²) >= 11 is 0. The minimum Gasteiger partial charge on any atom is -0.294 e. The van der Waals surface area contributed by atoms with Crippen LogP contribution in [0.25, 0.3) is 0 Å². The molecule has 0 N–H and O–H groups in total. The Balaban J connectivity index is 1.85. The highest BCUT2D eigenvalue weighted by Crippen LogP contribution is 2.49. The van der Waals surface area contributed by atoms with Crippen LogP contribution < -0.4 is 0 Å². The Hall–Kier alpha value is -1.98. The molecular formula is C19H19NO3S. The van der Waals surface area contributed by atoms with Gasteiger partial charge in [-0.3, -0.25) is 4.79 Å². The molecule has 4 rings (SSSR count). The number of carbonyl (C=O) groups is 1. The van der Waals surface area contributed by atoms with Gasteiger partial charge in [-0.25, -0.2) is 8.42 Å². The average Bonchev–Trinajstić information content (AvgIpc) is 2.90. The van der Waals surface area contributed by atoms with Crippen LogP contribution in [0.5, 0.6) is 0 Å². The van der Waals surface area contributed by atoms with E-state index in [1.807, 2.05) is 31.2 Å². The Bertz CT molecular complexity index is 892. The molecule has 0 saturated carbocycles. The number of benzene rings is 2. The molecular weight excluding hydrogens is 322 g/mol. The summed E-state index contributed by atoms with van der Waals surface area (Å²) < 4.78 is 27.9. The minimum absolute atomic E-state index is 0.0797. The molecule has 0 radical (unpaired) electrons. The van der Waals surface area contributed by atoms with Gasteiger partial charge in [-0.1, -0.05) is 49.4 Å². The second kappa shape index (κ2) is 5.53. The van der Waals surface area contributed by atoms with Gasteiger partial charge in [0.1, 0.15) is 0 Å². The first kappa shape index (κ1) is 15.5. The smallest absolute Gasteiger partial charge is 0.243 e. The zero-order valence-electron chi connectivity index (χ0n) is 13.4. The number of hydrogen-bond donors (Lipinski definition) is 0. The summed E-state index contributed by atoms with van der Waals surface area (Å²) in [6, 6.07) is 15.5. The van der Waals surface area contributed by atoms with Gasteiger partial charge in [0.25, 0.3) is 0 Å². The van der Waals surface area contributed by atoms with E-state index in [0.717, 1.165) is 5.56 Å². The third kappa shape index (κ3) is 2.15.